The quantitative estimate of drug-likeness (QED) is 0.569. The van der Waals surface area contributed by atoms with Gasteiger partial charge in [-0.2, -0.15) is 0 Å². The number of benzene rings is 1. The van der Waals surface area contributed by atoms with Crippen LogP contribution >= 0.6 is 0 Å². The van der Waals surface area contributed by atoms with Gasteiger partial charge in [-0.1, -0.05) is 0 Å². The number of hydrogen-bond acceptors (Lipinski definition) is 6. The fourth-order valence-corrected chi connectivity index (χ4v) is 3.48. The first-order valence-electron chi connectivity index (χ1n) is 10.2. The molecule has 0 aromatic heterocycles. The topological polar surface area (TPSA) is 90.9 Å². The maximum atomic E-state index is 12.7. The predicted molar refractivity (Wildman–Crippen MR) is 108 cm³/mol. The number of fused-ring (bicyclic) bond motifs is 1. The molecule has 7 heteroatoms. The van der Waals surface area contributed by atoms with E-state index >= 15 is 0 Å². The van der Waals surface area contributed by atoms with Crippen LogP contribution < -0.4 is 5.32 Å². The molecule has 1 aromatic rings. The summed E-state index contributed by atoms with van der Waals surface area (Å²) in [6, 6.07) is 1.64. The second-order valence-electron chi connectivity index (χ2n) is 7.92. The average Bonchev–Trinajstić information content (AvgIpc) is 2.64. The maximum Gasteiger partial charge on any atom is 0.407 e. The molecule has 0 saturated heterocycles. The predicted octanol–water partition coefficient (Wildman–Crippen LogP) is 3.94. The molecule has 0 atom stereocenters. The van der Waals surface area contributed by atoms with Crippen molar-refractivity contribution >= 4 is 18.0 Å². The number of amides is 1. The molecule has 2 rings (SSSR count). The van der Waals surface area contributed by atoms with Gasteiger partial charge in [0.05, 0.1) is 24.3 Å². The van der Waals surface area contributed by atoms with E-state index in [2.05, 4.69) is 5.32 Å². The van der Waals surface area contributed by atoms with Crippen LogP contribution in [-0.2, 0) is 33.6 Å². The Bertz CT molecular complexity index is 778. The van der Waals surface area contributed by atoms with Gasteiger partial charge in [-0.15, -0.1) is 0 Å². The SMILES string of the molecule is CCOC(=O)c1cc(CNC(=O)OC(C)(C)C)c(C(=O)OCC)c2c1CCCC2. The van der Waals surface area contributed by atoms with Gasteiger partial charge in [0.15, 0.2) is 0 Å². The molecule has 7 nitrogen and oxygen atoms in total. The summed E-state index contributed by atoms with van der Waals surface area (Å²) in [5.41, 5.74) is 2.44. The lowest BCUT2D eigenvalue weighted by molar-refractivity contribution is 0.0499. The summed E-state index contributed by atoms with van der Waals surface area (Å²) in [5, 5.41) is 2.68. The van der Waals surface area contributed by atoms with Gasteiger partial charge in [0, 0.05) is 6.54 Å². The molecule has 0 aliphatic heterocycles. The number of carbonyl (C=O) groups is 3. The fraction of sp³-hybridized carbons (Fsp3) is 0.591. The van der Waals surface area contributed by atoms with Crippen LogP contribution in [-0.4, -0.2) is 36.8 Å². The van der Waals surface area contributed by atoms with Crippen LogP contribution in [0.3, 0.4) is 0 Å². The van der Waals surface area contributed by atoms with Gasteiger partial charge in [-0.05, 0) is 83.1 Å². The summed E-state index contributed by atoms with van der Waals surface area (Å²) < 4.78 is 15.8. The highest BCUT2D eigenvalue weighted by Crippen LogP contribution is 2.32. The molecule has 0 heterocycles. The van der Waals surface area contributed by atoms with Gasteiger partial charge in [0.25, 0.3) is 0 Å². The molecule has 1 amide bonds. The Kier molecular flexibility index (Phi) is 7.65. The van der Waals surface area contributed by atoms with Crippen molar-refractivity contribution < 1.29 is 28.6 Å². The van der Waals surface area contributed by atoms with Crippen LogP contribution in [0.4, 0.5) is 4.79 Å². The number of ether oxygens (including phenoxy) is 3. The Hall–Kier alpha value is -2.57. The van der Waals surface area contributed by atoms with E-state index in [1.165, 1.54) is 0 Å². The number of esters is 2. The normalized spacial score (nSPS) is 13.3. The first-order chi connectivity index (χ1) is 13.7. The summed E-state index contributed by atoms with van der Waals surface area (Å²) in [6.07, 6.45) is 2.65. The Morgan fingerprint density at radius 2 is 1.55 bits per heavy atom. The zero-order chi connectivity index (χ0) is 21.6. The summed E-state index contributed by atoms with van der Waals surface area (Å²) in [6.45, 7) is 9.36. The molecule has 0 spiro atoms. The zero-order valence-corrected chi connectivity index (χ0v) is 18.0. The maximum absolute atomic E-state index is 12.7. The van der Waals surface area contributed by atoms with Crippen molar-refractivity contribution in [2.75, 3.05) is 13.2 Å². The van der Waals surface area contributed by atoms with Crippen LogP contribution in [0.5, 0.6) is 0 Å². The summed E-state index contributed by atoms with van der Waals surface area (Å²) >= 11 is 0. The van der Waals surface area contributed by atoms with Gasteiger partial charge < -0.3 is 19.5 Å². The minimum atomic E-state index is -0.639. The highest BCUT2D eigenvalue weighted by Gasteiger charge is 2.28. The third-order valence-corrected chi connectivity index (χ3v) is 4.53. The summed E-state index contributed by atoms with van der Waals surface area (Å²) in [5.74, 6) is -0.860. The zero-order valence-electron chi connectivity index (χ0n) is 18.0. The van der Waals surface area contributed by atoms with Crippen molar-refractivity contribution in [2.45, 2.75) is 72.4 Å². The standard InChI is InChI=1S/C22H31NO6/c1-6-27-19(24)17-12-14(13-23-21(26)29-22(3,4)5)18(20(25)28-7-2)16-11-9-8-10-15(16)17/h12H,6-11,13H2,1-5H3,(H,23,26). The van der Waals surface area contributed by atoms with Crippen molar-refractivity contribution in [3.05, 3.63) is 33.9 Å². The average molecular weight is 405 g/mol. The van der Waals surface area contributed by atoms with Crippen LogP contribution in [0, 0.1) is 0 Å². The van der Waals surface area contributed by atoms with Crippen molar-refractivity contribution in [3.63, 3.8) is 0 Å². The summed E-state index contributed by atoms with van der Waals surface area (Å²) in [7, 11) is 0. The Labute approximate surface area is 172 Å². The lowest BCUT2D eigenvalue weighted by Gasteiger charge is -2.25. The second kappa shape index (κ2) is 9.76. The molecule has 0 unspecified atom stereocenters. The molecular formula is C22H31NO6. The minimum absolute atomic E-state index is 0.0444. The van der Waals surface area contributed by atoms with E-state index in [9.17, 15) is 14.4 Å². The molecule has 0 saturated carbocycles. The number of alkyl carbamates (subject to hydrolysis) is 1. The first kappa shape index (κ1) is 22.7. The van der Waals surface area contributed by atoms with Gasteiger partial charge in [0.1, 0.15) is 5.60 Å². The Morgan fingerprint density at radius 1 is 0.966 bits per heavy atom. The van der Waals surface area contributed by atoms with Gasteiger partial charge in [-0.25, -0.2) is 14.4 Å². The van der Waals surface area contributed by atoms with E-state index < -0.39 is 23.6 Å². The molecule has 29 heavy (non-hydrogen) atoms. The number of nitrogens with one attached hydrogen (secondary N) is 1. The second-order valence-corrected chi connectivity index (χ2v) is 7.92. The van der Waals surface area contributed by atoms with Crippen molar-refractivity contribution in [3.8, 4) is 0 Å². The van der Waals surface area contributed by atoms with E-state index in [0.29, 0.717) is 29.5 Å². The highest BCUT2D eigenvalue weighted by molar-refractivity contribution is 5.98. The Balaban J connectivity index is 2.47. The van der Waals surface area contributed by atoms with Gasteiger partial charge in [-0.3, -0.25) is 0 Å². The van der Waals surface area contributed by atoms with Crippen LogP contribution in [0.2, 0.25) is 0 Å². The van der Waals surface area contributed by atoms with E-state index in [4.69, 9.17) is 14.2 Å². The monoisotopic (exact) mass is 405 g/mol. The molecule has 0 fully saturated rings. The summed E-state index contributed by atoms with van der Waals surface area (Å²) in [4.78, 5) is 37.4. The fourth-order valence-electron chi connectivity index (χ4n) is 3.48. The molecule has 160 valence electrons. The molecule has 1 aromatic carbocycles. The van der Waals surface area contributed by atoms with Crippen molar-refractivity contribution in [2.24, 2.45) is 0 Å². The lowest BCUT2D eigenvalue weighted by atomic mass is 9.82. The number of hydrogen-bond donors (Lipinski definition) is 1. The van der Waals surface area contributed by atoms with E-state index in [1.54, 1.807) is 40.7 Å². The molecule has 1 aliphatic carbocycles. The van der Waals surface area contributed by atoms with E-state index in [-0.39, 0.29) is 19.8 Å². The Morgan fingerprint density at radius 3 is 2.14 bits per heavy atom. The van der Waals surface area contributed by atoms with Gasteiger partial charge >= 0.3 is 18.0 Å². The molecular weight excluding hydrogens is 374 g/mol. The van der Waals surface area contributed by atoms with Crippen LogP contribution in [0.25, 0.3) is 0 Å². The van der Waals surface area contributed by atoms with E-state index in [1.807, 2.05) is 0 Å². The third-order valence-electron chi connectivity index (χ3n) is 4.53. The molecule has 0 bridgehead atoms. The molecule has 0 radical (unpaired) electrons. The molecule has 1 N–H and O–H groups in total. The van der Waals surface area contributed by atoms with Crippen molar-refractivity contribution in [1.82, 2.24) is 5.32 Å². The first-order valence-corrected chi connectivity index (χ1v) is 10.2. The largest absolute Gasteiger partial charge is 0.462 e. The number of rotatable bonds is 6. The van der Waals surface area contributed by atoms with E-state index in [0.717, 1.165) is 24.0 Å². The third kappa shape index (κ3) is 5.95. The van der Waals surface area contributed by atoms with Crippen LogP contribution in [0.1, 0.15) is 84.9 Å². The highest BCUT2D eigenvalue weighted by atomic mass is 16.6. The van der Waals surface area contributed by atoms with Gasteiger partial charge in [0.2, 0.25) is 0 Å². The smallest absolute Gasteiger partial charge is 0.407 e. The lowest BCUT2D eigenvalue weighted by Crippen LogP contribution is -2.33. The molecule has 1 aliphatic rings. The van der Waals surface area contributed by atoms with Crippen molar-refractivity contribution in [1.29, 1.82) is 0 Å². The number of carbonyl (C=O) groups excluding carboxylic acids is 3. The van der Waals surface area contributed by atoms with Crippen LogP contribution in [0.15, 0.2) is 6.07 Å². The minimum Gasteiger partial charge on any atom is -0.462 e.